The van der Waals surface area contributed by atoms with Gasteiger partial charge in [-0.25, -0.2) is 9.97 Å². The minimum atomic E-state index is -0.658. The Labute approximate surface area is 124 Å². The first-order valence-corrected chi connectivity index (χ1v) is 7.52. The van der Waals surface area contributed by atoms with Gasteiger partial charge in [0.25, 0.3) is 0 Å². The molecule has 1 aliphatic rings. The molecule has 1 aliphatic carbocycles. The third-order valence-electron chi connectivity index (χ3n) is 4.07. The summed E-state index contributed by atoms with van der Waals surface area (Å²) in [4.78, 5) is 19.3. The van der Waals surface area contributed by atoms with Gasteiger partial charge in [0.2, 0.25) is 5.88 Å². The van der Waals surface area contributed by atoms with Gasteiger partial charge in [0.15, 0.2) is 0 Å². The molecule has 0 spiro atoms. The van der Waals surface area contributed by atoms with E-state index in [1.54, 1.807) is 0 Å². The highest BCUT2D eigenvalue weighted by Crippen LogP contribution is 2.29. The fourth-order valence-electron chi connectivity index (χ4n) is 2.75. The van der Waals surface area contributed by atoms with Crippen molar-refractivity contribution in [2.24, 2.45) is 11.8 Å². The van der Waals surface area contributed by atoms with Crippen LogP contribution in [-0.4, -0.2) is 34.2 Å². The van der Waals surface area contributed by atoms with Crippen LogP contribution >= 0.6 is 0 Å². The Bertz CT molecular complexity index is 485. The average molecular weight is 293 g/mol. The summed E-state index contributed by atoms with van der Waals surface area (Å²) < 4.78 is 5.45. The van der Waals surface area contributed by atoms with E-state index in [2.05, 4.69) is 15.3 Å². The van der Waals surface area contributed by atoms with Gasteiger partial charge in [-0.15, -0.1) is 0 Å². The monoisotopic (exact) mass is 293 g/mol. The maximum atomic E-state index is 10.9. The summed E-state index contributed by atoms with van der Waals surface area (Å²) in [5.74, 6) is 1.10. The predicted molar refractivity (Wildman–Crippen MR) is 79.5 cm³/mol. The number of carbonyl (C=O) groups is 1. The molecule has 0 atom stereocenters. The van der Waals surface area contributed by atoms with Crippen molar-refractivity contribution in [2.45, 2.75) is 39.5 Å². The molecule has 0 unspecified atom stereocenters. The van der Waals surface area contributed by atoms with Crippen LogP contribution in [0.4, 0.5) is 5.82 Å². The molecule has 6 nitrogen and oxygen atoms in total. The van der Waals surface area contributed by atoms with Crippen molar-refractivity contribution in [3.8, 4) is 5.88 Å². The summed E-state index contributed by atoms with van der Waals surface area (Å²) in [6, 6.07) is 0. The number of hydrogen-bond acceptors (Lipinski definition) is 5. The van der Waals surface area contributed by atoms with E-state index in [1.165, 1.54) is 6.33 Å². The van der Waals surface area contributed by atoms with Gasteiger partial charge in [-0.1, -0.05) is 0 Å². The molecule has 0 aliphatic heterocycles. The number of ether oxygens (including phenoxy) is 1. The standard InChI is InChI=1S/C15H23N3O3/c1-3-21-14-10(2)13(17-9-18-14)16-8-11-4-6-12(7-5-11)15(19)20/h9,11-12H,3-8H2,1-2H3,(H,19,20)(H,16,17,18). The number of aliphatic carboxylic acids is 1. The Balaban J connectivity index is 1.86. The number of anilines is 1. The molecule has 2 N–H and O–H groups in total. The molecular weight excluding hydrogens is 270 g/mol. The molecule has 0 bridgehead atoms. The molecule has 1 aromatic rings. The third-order valence-corrected chi connectivity index (χ3v) is 4.07. The number of nitrogens with one attached hydrogen (secondary N) is 1. The topological polar surface area (TPSA) is 84.3 Å². The van der Waals surface area contributed by atoms with Crippen molar-refractivity contribution in [3.05, 3.63) is 11.9 Å². The normalized spacial score (nSPS) is 21.8. The molecular formula is C15H23N3O3. The zero-order valence-corrected chi connectivity index (χ0v) is 12.6. The number of carboxylic acids is 1. The van der Waals surface area contributed by atoms with Gasteiger partial charge in [-0.2, -0.15) is 0 Å². The van der Waals surface area contributed by atoms with E-state index >= 15 is 0 Å². The lowest BCUT2D eigenvalue weighted by Crippen LogP contribution is -2.25. The van der Waals surface area contributed by atoms with E-state index in [4.69, 9.17) is 9.84 Å². The van der Waals surface area contributed by atoms with Crippen LogP contribution in [0.25, 0.3) is 0 Å². The Hall–Kier alpha value is -1.85. The fraction of sp³-hybridized carbons (Fsp3) is 0.667. The predicted octanol–water partition coefficient (Wildman–Crippen LogP) is 2.49. The molecule has 1 fully saturated rings. The lowest BCUT2D eigenvalue weighted by Gasteiger charge is -2.26. The molecule has 0 saturated heterocycles. The van der Waals surface area contributed by atoms with Crippen LogP contribution in [0.3, 0.4) is 0 Å². The molecule has 2 rings (SSSR count). The Kier molecular flexibility index (Phi) is 5.36. The molecule has 21 heavy (non-hydrogen) atoms. The molecule has 116 valence electrons. The van der Waals surface area contributed by atoms with Gasteiger partial charge in [0.1, 0.15) is 12.1 Å². The summed E-state index contributed by atoms with van der Waals surface area (Å²) in [7, 11) is 0. The summed E-state index contributed by atoms with van der Waals surface area (Å²) in [6.07, 6.45) is 4.95. The Morgan fingerprint density at radius 1 is 1.38 bits per heavy atom. The molecule has 0 radical (unpaired) electrons. The molecule has 0 aromatic carbocycles. The molecule has 1 saturated carbocycles. The van der Waals surface area contributed by atoms with Crippen molar-refractivity contribution >= 4 is 11.8 Å². The SMILES string of the molecule is CCOc1ncnc(NCC2CCC(C(=O)O)CC2)c1C. The van der Waals surface area contributed by atoms with E-state index < -0.39 is 5.97 Å². The minimum Gasteiger partial charge on any atom is -0.481 e. The second kappa shape index (κ2) is 7.24. The van der Waals surface area contributed by atoms with Crippen LogP contribution in [0.2, 0.25) is 0 Å². The molecule has 1 aromatic heterocycles. The number of hydrogen-bond donors (Lipinski definition) is 2. The fourth-order valence-corrected chi connectivity index (χ4v) is 2.75. The first kappa shape index (κ1) is 15.5. The lowest BCUT2D eigenvalue weighted by atomic mass is 9.82. The molecule has 1 heterocycles. The second-order valence-electron chi connectivity index (χ2n) is 5.52. The second-order valence-corrected chi connectivity index (χ2v) is 5.52. The molecule has 0 amide bonds. The van der Waals surface area contributed by atoms with Gasteiger partial charge < -0.3 is 15.2 Å². The maximum absolute atomic E-state index is 10.9. The number of nitrogens with zero attached hydrogens (tertiary/aromatic N) is 2. The Morgan fingerprint density at radius 2 is 2.10 bits per heavy atom. The van der Waals surface area contributed by atoms with Crippen molar-refractivity contribution in [1.82, 2.24) is 9.97 Å². The highest BCUT2D eigenvalue weighted by molar-refractivity contribution is 5.70. The van der Waals surface area contributed by atoms with Gasteiger partial charge in [0, 0.05) is 6.54 Å². The van der Waals surface area contributed by atoms with E-state index in [0.29, 0.717) is 18.4 Å². The van der Waals surface area contributed by atoms with Crippen LogP contribution < -0.4 is 10.1 Å². The van der Waals surface area contributed by atoms with Crippen LogP contribution in [-0.2, 0) is 4.79 Å². The summed E-state index contributed by atoms with van der Waals surface area (Å²) in [5, 5.41) is 12.4. The van der Waals surface area contributed by atoms with E-state index in [1.807, 2.05) is 13.8 Å². The number of rotatable bonds is 6. The summed E-state index contributed by atoms with van der Waals surface area (Å²) >= 11 is 0. The van der Waals surface area contributed by atoms with Crippen LogP contribution in [0.15, 0.2) is 6.33 Å². The zero-order valence-electron chi connectivity index (χ0n) is 12.6. The highest BCUT2D eigenvalue weighted by atomic mass is 16.5. The smallest absolute Gasteiger partial charge is 0.306 e. The average Bonchev–Trinajstić information content (AvgIpc) is 2.49. The first-order chi connectivity index (χ1) is 10.1. The van der Waals surface area contributed by atoms with Gasteiger partial charge in [0.05, 0.1) is 18.1 Å². The van der Waals surface area contributed by atoms with Crippen LogP contribution in [0.5, 0.6) is 5.88 Å². The van der Waals surface area contributed by atoms with Gasteiger partial charge in [-0.3, -0.25) is 4.79 Å². The largest absolute Gasteiger partial charge is 0.481 e. The van der Waals surface area contributed by atoms with Crippen molar-refractivity contribution in [3.63, 3.8) is 0 Å². The quantitative estimate of drug-likeness (QED) is 0.838. The van der Waals surface area contributed by atoms with Crippen molar-refractivity contribution < 1.29 is 14.6 Å². The number of carboxylic acid groups (broad SMARTS) is 1. The van der Waals surface area contributed by atoms with Gasteiger partial charge in [-0.05, 0) is 45.4 Å². The van der Waals surface area contributed by atoms with Crippen molar-refractivity contribution in [1.29, 1.82) is 0 Å². The highest BCUT2D eigenvalue weighted by Gasteiger charge is 2.25. The Morgan fingerprint density at radius 3 is 2.71 bits per heavy atom. The van der Waals surface area contributed by atoms with Crippen LogP contribution in [0, 0.1) is 18.8 Å². The lowest BCUT2D eigenvalue weighted by molar-refractivity contribution is -0.143. The van der Waals surface area contributed by atoms with E-state index in [0.717, 1.165) is 43.6 Å². The molecule has 6 heteroatoms. The van der Waals surface area contributed by atoms with E-state index in [9.17, 15) is 4.79 Å². The van der Waals surface area contributed by atoms with Crippen LogP contribution in [0.1, 0.15) is 38.2 Å². The third kappa shape index (κ3) is 4.06. The van der Waals surface area contributed by atoms with E-state index in [-0.39, 0.29) is 5.92 Å². The minimum absolute atomic E-state index is 0.161. The summed E-state index contributed by atoms with van der Waals surface area (Å²) in [5.41, 5.74) is 0.915. The van der Waals surface area contributed by atoms with Crippen molar-refractivity contribution in [2.75, 3.05) is 18.5 Å². The number of aromatic nitrogens is 2. The zero-order chi connectivity index (χ0) is 15.2. The van der Waals surface area contributed by atoms with Gasteiger partial charge >= 0.3 is 5.97 Å². The summed E-state index contributed by atoms with van der Waals surface area (Å²) in [6.45, 7) is 5.26. The maximum Gasteiger partial charge on any atom is 0.306 e. The first-order valence-electron chi connectivity index (χ1n) is 7.52.